The van der Waals surface area contributed by atoms with Crippen molar-refractivity contribution in [2.24, 2.45) is 23.7 Å². The summed E-state index contributed by atoms with van der Waals surface area (Å²) in [6.07, 6.45) is 5.83. The molecule has 0 amide bonds. The van der Waals surface area contributed by atoms with E-state index in [1.807, 2.05) is 13.8 Å². The molecule has 0 saturated heterocycles. The van der Waals surface area contributed by atoms with Gasteiger partial charge in [-0.3, -0.25) is 0 Å². The molecule has 0 aromatic heterocycles. The summed E-state index contributed by atoms with van der Waals surface area (Å²) in [5, 5.41) is 0. The van der Waals surface area contributed by atoms with Crippen LogP contribution in [0.4, 0.5) is 0 Å². The minimum Gasteiger partial charge on any atom is -0.465 e. The van der Waals surface area contributed by atoms with Crippen molar-refractivity contribution in [3.63, 3.8) is 0 Å². The van der Waals surface area contributed by atoms with Crippen molar-refractivity contribution < 1.29 is 18.9 Å². The highest BCUT2D eigenvalue weighted by molar-refractivity contribution is 5.32. The van der Waals surface area contributed by atoms with Crippen LogP contribution in [-0.4, -0.2) is 25.8 Å². The maximum absolute atomic E-state index is 5.96. The molecule has 0 spiro atoms. The van der Waals surface area contributed by atoms with Crippen LogP contribution in [0.3, 0.4) is 0 Å². The second-order valence-corrected chi connectivity index (χ2v) is 12.6. The van der Waals surface area contributed by atoms with Gasteiger partial charge in [0.15, 0.2) is 12.6 Å². The molecule has 1 aliphatic rings. The van der Waals surface area contributed by atoms with Gasteiger partial charge in [-0.2, -0.15) is 0 Å². The van der Waals surface area contributed by atoms with Gasteiger partial charge in [-0.05, 0) is 110 Å². The molecule has 3 rings (SSSR count). The normalized spacial score (nSPS) is 19.9. The van der Waals surface area contributed by atoms with Crippen LogP contribution < -0.4 is 9.47 Å². The van der Waals surface area contributed by atoms with Gasteiger partial charge in [-0.1, -0.05) is 65.8 Å². The second kappa shape index (κ2) is 14.4. The van der Waals surface area contributed by atoms with Crippen molar-refractivity contribution in [1.82, 2.24) is 0 Å². The Kier molecular flexibility index (Phi) is 11.5. The zero-order chi connectivity index (χ0) is 27.7. The Morgan fingerprint density at radius 1 is 0.658 bits per heavy atom. The Hall–Kier alpha value is -2.04. The standard InChI is InChI=1S/C34H52O4/c1-24(2)22-35-26(5)37-32-17-11-29(12-18-32)21-28-9-13-30(14-10-28)34(7,8)31-15-19-33(20-16-31)38-27(6)36-23-25(3)4/h11-12,15-20,24-28,30H,9-10,13-14,21-23H2,1-8H3. The van der Waals surface area contributed by atoms with Gasteiger partial charge < -0.3 is 18.9 Å². The molecule has 2 atom stereocenters. The lowest BCUT2D eigenvalue weighted by atomic mass is 9.65. The molecule has 1 saturated carbocycles. The fraction of sp³-hybridized carbons (Fsp3) is 0.647. The predicted molar refractivity (Wildman–Crippen MR) is 157 cm³/mol. The topological polar surface area (TPSA) is 36.9 Å². The van der Waals surface area contributed by atoms with Crippen LogP contribution in [-0.2, 0) is 21.3 Å². The highest BCUT2D eigenvalue weighted by Gasteiger charge is 2.34. The Bertz CT molecular complexity index is 924. The average molecular weight is 525 g/mol. The van der Waals surface area contributed by atoms with E-state index in [0.29, 0.717) is 31.0 Å². The highest BCUT2D eigenvalue weighted by Crippen LogP contribution is 2.43. The van der Waals surface area contributed by atoms with Gasteiger partial charge in [0.25, 0.3) is 0 Å². The molecule has 2 aromatic carbocycles. The Morgan fingerprint density at radius 3 is 1.55 bits per heavy atom. The van der Waals surface area contributed by atoms with E-state index in [0.717, 1.165) is 23.8 Å². The molecule has 1 aliphatic carbocycles. The van der Waals surface area contributed by atoms with Gasteiger partial charge >= 0.3 is 0 Å². The SMILES string of the molecule is CC(C)COC(C)Oc1ccc(CC2CCC(C(C)(C)c3ccc(OC(C)OCC(C)C)cc3)CC2)cc1. The molecule has 4 nitrogen and oxygen atoms in total. The first-order valence-corrected chi connectivity index (χ1v) is 14.8. The lowest BCUT2D eigenvalue weighted by molar-refractivity contribution is -0.0758. The summed E-state index contributed by atoms with van der Waals surface area (Å²) < 4.78 is 23.4. The van der Waals surface area contributed by atoms with Gasteiger partial charge in [0.05, 0.1) is 13.2 Å². The molecule has 0 N–H and O–H groups in total. The number of hydrogen-bond acceptors (Lipinski definition) is 4. The van der Waals surface area contributed by atoms with Crippen molar-refractivity contribution in [3.05, 3.63) is 59.7 Å². The maximum atomic E-state index is 5.96. The highest BCUT2D eigenvalue weighted by atomic mass is 16.7. The summed E-state index contributed by atoms with van der Waals surface area (Å²) in [4.78, 5) is 0. The zero-order valence-corrected chi connectivity index (χ0v) is 25.2. The number of ether oxygens (including phenoxy) is 4. The molecule has 38 heavy (non-hydrogen) atoms. The van der Waals surface area contributed by atoms with E-state index in [-0.39, 0.29) is 18.0 Å². The first kappa shape index (κ1) is 30.5. The van der Waals surface area contributed by atoms with Crippen LogP contribution in [0.2, 0.25) is 0 Å². The van der Waals surface area contributed by atoms with Crippen LogP contribution in [0.1, 0.15) is 92.2 Å². The van der Waals surface area contributed by atoms with Crippen molar-refractivity contribution in [2.45, 2.75) is 105 Å². The summed E-state index contributed by atoms with van der Waals surface area (Å²) in [5.41, 5.74) is 2.94. The Balaban J connectivity index is 1.46. The molecule has 0 radical (unpaired) electrons. The largest absolute Gasteiger partial charge is 0.465 e. The fourth-order valence-corrected chi connectivity index (χ4v) is 5.43. The number of hydrogen-bond donors (Lipinski definition) is 0. The lowest BCUT2D eigenvalue weighted by Gasteiger charge is -2.40. The van der Waals surface area contributed by atoms with E-state index in [1.165, 1.54) is 36.8 Å². The van der Waals surface area contributed by atoms with Crippen LogP contribution in [0, 0.1) is 23.7 Å². The van der Waals surface area contributed by atoms with Crippen LogP contribution in [0.15, 0.2) is 48.5 Å². The van der Waals surface area contributed by atoms with Crippen LogP contribution >= 0.6 is 0 Å². The third-order valence-corrected chi connectivity index (χ3v) is 7.85. The number of rotatable bonds is 14. The zero-order valence-electron chi connectivity index (χ0n) is 25.2. The molecule has 4 heteroatoms. The van der Waals surface area contributed by atoms with E-state index in [4.69, 9.17) is 18.9 Å². The summed E-state index contributed by atoms with van der Waals surface area (Å²) >= 11 is 0. The minimum atomic E-state index is -0.234. The summed E-state index contributed by atoms with van der Waals surface area (Å²) in [5.74, 6) is 4.21. The Labute approximate surface area is 232 Å². The molecule has 0 bridgehead atoms. The molecule has 2 unspecified atom stereocenters. The molecular weight excluding hydrogens is 472 g/mol. The predicted octanol–water partition coefficient (Wildman–Crippen LogP) is 8.81. The van der Waals surface area contributed by atoms with Crippen LogP contribution in [0.25, 0.3) is 0 Å². The first-order chi connectivity index (χ1) is 18.0. The average Bonchev–Trinajstić information content (AvgIpc) is 2.88. The van der Waals surface area contributed by atoms with Gasteiger partial charge in [-0.15, -0.1) is 0 Å². The molecule has 212 valence electrons. The van der Waals surface area contributed by atoms with Crippen LogP contribution in [0.5, 0.6) is 11.5 Å². The van der Waals surface area contributed by atoms with Gasteiger partial charge in [0, 0.05) is 0 Å². The second-order valence-electron chi connectivity index (χ2n) is 12.6. The van der Waals surface area contributed by atoms with Crippen molar-refractivity contribution >= 4 is 0 Å². The third kappa shape index (κ3) is 9.61. The van der Waals surface area contributed by atoms with Gasteiger partial charge in [0.2, 0.25) is 0 Å². The van der Waals surface area contributed by atoms with Crippen molar-refractivity contribution in [1.29, 1.82) is 0 Å². The molecule has 0 heterocycles. The van der Waals surface area contributed by atoms with Gasteiger partial charge in [-0.25, -0.2) is 0 Å². The summed E-state index contributed by atoms with van der Waals surface area (Å²) in [6.45, 7) is 18.8. The monoisotopic (exact) mass is 524 g/mol. The van der Waals surface area contributed by atoms with E-state index < -0.39 is 0 Å². The smallest absolute Gasteiger partial charge is 0.196 e. The number of benzene rings is 2. The molecular formula is C34H52O4. The lowest BCUT2D eigenvalue weighted by Crippen LogP contribution is -2.32. The van der Waals surface area contributed by atoms with E-state index in [9.17, 15) is 0 Å². The van der Waals surface area contributed by atoms with Crippen molar-refractivity contribution in [3.8, 4) is 11.5 Å². The van der Waals surface area contributed by atoms with E-state index in [2.05, 4.69) is 90.1 Å². The molecule has 1 fully saturated rings. The van der Waals surface area contributed by atoms with E-state index >= 15 is 0 Å². The third-order valence-electron chi connectivity index (χ3n) is 7.85. The minimum absolute atomic E-state index is 0.149. The van der Waals surface area contributed by atoms with Gasteiger partial charge in [0.1, 0.15) is 11.5 Å². The summed E-state index contributed by atoms with van der Waals surface area (Å²) in [7, 11) is 0. The van der Waals surface area contributed by atoms with E-state index in [1.54, 1.807) is 0 Å². The summed E-state index contributed by atoms with van der Waals surface area (Å²) in [6, 6.07) is 17.3. The maximum Gasteiger partial charge on any atom is 0.196 e. The molecule has 0 aliphatic heterocycles. The molecule has 2 aromatic rings. The first-order valence-electron chi connectivity index (χ1n) is 14.8. The fourth-order valence-electron chi connectivity index (χ4n) is 5.43. The Morgan fingerprint density at radius 2 is 1.11 bits per heavy atom. The quantitative estimate of drug-likeness (QED) is 0.231. The van der Waals surface area contributed by atoms with Crippen molar-refractivity contribution in [2.75, 3.05) is 13.2 Å².